The fourth-order valence-electron chi connectivity index (χ4n) is 0.709. The monoisotopic (exact) mass is 232 g/mol. The van der Waals surface area contributed by atoms with Gasteiger partial charge in [0.25, 0.3) is 0 Å². The molecule has 3 N–H and O–H groups in total. The van der Waals surface area contributed by atoms with Crippen LogP contribution < -0.4 is 10.6 Å². The first kappa shape index (κ1) is 14.4. The van der Waals surface area contributed by atoms with Crippen molar-refractivity contribution in [2.45, 2.75) is 20.0 Å². The van der Waals surface area contributed by atoms with Gasteiger partial charge in [-0.25, -0.2) is 0 Å². The summed E-state index contributed by atoms with van der Waals surface area (Å²) in [6.45, 7) is 2.73. The third-order valence-corrected chi connectivity index (χ3v) is 1.43. The molecular weight excluding hydrogens is 216 g/mol. The zero-order chi connectivity index (χ0) is 12.6. The molecule has 0 spiro atoms. The van der Waals surface area contributed by atoms with Crippen molar-refractivity contribution in [3.8, 4) is 0 Å². The Bertz CT molecular complexity index is 265. The number of hydrogen-bond donors (Lipinski definition) is 3. The first-order chi connectivity index (χ1) is 7.41. The predicted molar refractivity (Wildman–Crippen MR) is 54.7 cm³/mol. The van der Waals surface area contributed by atoms with Crippen LogP contribution >= 0.6 is 0 Å². The van der Waals surface area contributed by atoms with Crippen molar-refractivity contribution in [1.82, 2.24) is 10.6 Å². The van der Waals surface area contributed by atoms with E-state index in [9.17, 15) is 14.4 Å². The van der Waals surface area contributed by atoms with Gasteiger partial charge in [-0.15, -0.1) is 0 Å². The summed E-state index contributed by atoms with van der Waals surface area (Å²) in [5.74, 6) is -2.11. The van der Waals surface area contributed by atoms with Crippen LogP contribution in [-0.2, 0) is 19.1 Å². The molecule has 0 saturated carbocycles. The maximum absolute atomic E-state index is 11.1. The fraction of sp³-hybridized carbons (Fsp3) is 0.667. The molecule has 0 bridgehead atoms. The quantitative estimate of drug-likeness (QED) is 0.507. The van der Waals surface area contributed by atoms with Gasteiger partial charge in [-0.1, -0.05) is 0 Å². The van der Waals surface area contributed by atoms with Gasteiger partial charge in [-0.3, -0.25) is 14.4 Å². The molecular formula is C9H16N2O5. The SMILES string of the molecule is CC(C)OCC(=O)NCC(=O)NCC(=O)O. The van der Waals surface area contributed by atoms with E-state index in [0.717, 1.165) is 0 Å². The number of hydrogen-bond acceptors (Lipinski definition) is 4. The van der Waals surface area contributed by atoms with E-state index in [1.54, 1.807) is 13.8 Å². The molecule has 92 valence electrons. The van der Waals surface area contributed by atoms with Crippen LogP contribution in [0.5, 0.6) is 0 Å². The van der Waals surface area contributed by atoms with Crippen molar-refractivity contribution in [1.29, 1.82) is 0 Å². The van der Waals surface area contributed by atoms with Crippen LogP contribution in [-0.4, -0.2) is 48.7 Å². The molecule has 2 amide bonds. The lowest BCUT2D eigenvalue weighted by Crippen LogP contribution is -2.40. The second kappa shape index (κ2) is 7.63. The van der Waals surface area contributed by atoms with Gasteiger partial charge < -0.3 is 20.5 Å². The van der Waals surface area contributed by atoms with E-state index >= 15 is 0 Å². The maximum Gasteiger partial charge on any atom is 0.322 e. The first-order valence-electron chi connectivity index (χ1n) is 4.78. The molecule has 0 aliphatic carbocycles. The Hall–Kier alpha value is -1.63. The first-order valence-corrected chi connectivity index (χ1v) is 4.78. The highest BCUT2D eigenvalue weighted by molar-refractivity contribution is 5.86. The van der Waals surface area contributed by atoms with Crippen molar-refractivity contribution < 1.29 is 24.2 Å². The van der Waals surface area contributed by atoms with E-state index in [-0.39, 0.29) is 19.3 Å². The van der Waals surface area contributed by atoms with E-state index in [1.807, 2.05) is 0 Å². The number of carboxylic acid groups (broad SMARTS) is 1. The van der Waals surface area contributed by atoms with Crippen molar-refractivity contribution in [3.63, 3.8) is 0 Å². The molecule has 0 saturated heterocycles. The van der Waals surface area contributed by atoms with Gasteiger partial charge >= 0.3 is 5.97 Å². The van der Waals surface area contributed by atoms with Crippen molar-refractivity contribution >= 4 is 17.8 Å². The smallest absolute Gasteiger partial charge is 0.322 e. The van der Waals surface area contributed by atoms with Crippen molar-refractivity contribution in [2.75, 3.05) is 19.7 Å². The zero-order valence-corrected chi connectivity index (χ0v) is 9.28. The number of ether oxygens (including phenoxy) is 1. The molecule has 16 heavy (non-hydrogen) atoms. The Morgan fingerprint density at radius 2 is 1.69 bits per heavy atom. The lowest BCUT2D eigenvalue weighted by atomic mass is 10.4. The van der Waals surface area contributed by atoms with Gasteiger partial charge in [0, 0.05) is 0 Å². The molecule has 0 aliphatic heterocycles. The number of amides is 2. The fourth-order valence-corrected chi connectivity index (χ4v) is 0.709. The maximum atomic E-state index is 11.1. The Kier molecular flexibility index (Phi) is 6.86. The van der Waals surface area contributed by atoms with Gasteiger partial charge in [0.15, 0.2) is 0 Å². The molecule has 0 radical (unpaired) electrons. The standard InChI is InChI=1S/C9H16N2O5/c1-6(2)16-5-8(13)10-3-7(12)11-4-9(14)15/h6H,3-5H2,1-2H3,(H,10,13)(H,11,12)(H,14,15). The van der Waals surface area contributed by atoms with E-state index in [1.165, 1.54) is 0 Å². The minimum atomic E-state index is -1.14. The number of carbonyl (C=O) groups is 3. The van der Waals surface area contributed by atoms with Crippen LogP contribution in [0.2, 0.25) is 0 Å². The van der Waals surface area contributed by atoms with E-state index in [0.29, 0.717) is 0 Å². The van der Waals surface area contributed by atoms with Crippen LogP contribution in [0, 0.1) is 0 Å². The Labute approximate surface area is 93.2 Å². The zero-order valence-electron chi connectivity index (χ0n) is 9.28. The molecule has 0 aromatic heterocycles. The lowest BCUT2D eigenvalue weighted by Gasteiger charge is -2.08. The molecule has 0 fully saturated rings. The number of carbonyl (C=O) groups excluding carboxylic acids is 2. The summed E-state index contributed by atoms with van der Waals surface area (Å²) in [7, 11) is 0. The van der Waals surface area contributed by atoms with Crippen LogP contribution in [0.15, 0.2) is 0 Å². The van der Waals surface area contributed by atoms with Crippen LogP contribution in [0.3, 0.4) is 0 Å². The summed E-state index contributed by atoms with van der Waals surface area (Å²) in [6, 6.07) is 0. The largest absolute Gasteiger partial charge is 0.480 e. The lowest BCUT2D eigenvalue weighted by molar-refractivity contribution is -0.137. The van der Waals surface area contributed by atoms with Gasteiger partial charge in [-0.2, -0.15) is 0 Å². The van der Waals surface area contributed by atoms with E-state index in [2.05, 4.69) is 10.6 Å². The molecule has 7 nitrogen and oxygen atoms in total. The second-order valence-electron chi connectivity index (χ2n) is 3.31. The molecule has 0 atom stereocenters. The number of rotatable bonds is 7. The molecule has 0 rings (SSSR count). The molecule has 0 aromatic rings. The Morgan fingerprint density at radius 3 is 2.19 bits per heavy atom. The van der Waals surface area contributed by atoms with Gasteiger partial charge in [0.1, 0.15) is 13.2 Å². The van der Waals surface area contributed by atoms with Gasteiger partial charge in [0.2, 0.25) is 11.8 Å². The average Bonchev–Trinajstić information content (AvgIpc) is 2.20. The minimum absolute atomic E-state index is 0.0633. The molecule has 0 heterocycles. The third kappa shape index (κ3) is 8.95. The minimum Gasteiger partial charge on any atom is -0.480 e. The highest BCUT2D eigenvalue weighted by Crippen LogP contribution is 1.85. The van der Waals surface area contributed by atoms with Crippen LogP contribution in [0.4, 0.5) is 0 Å². The van der Waals surface area contributed by atoms with Crippen molar-refractivity contribution in [3.05, 3.63) is 0 Å². The normalized spacial score (nSPS) is 9.94. The summed E-state index contributed by atoms with van der Waals surface area (Å²) in [5, 5.41) is 12.7. The highest BCUT2D eigenvalue weighted by Gasteiger charge is 2.07. The van der Waals surface area contributed by atoms with Gasteiger partial charge in [0.05, 0.1) is 12.6 Å². The molecule has 0 aromatic carbocycles. The van der Waals surface area contributed by atoms with E-state index in [4.69, 9.17) is 9.84 Å². The Balaban J connectivity index is 3.59. The molecule has 0 unspecified atom stereocenters. The van der Waals surface area contributed by atoms with Crippen LogP contribution in [0.25, 0.3) is 0 Å². The average molecular weight is 232 g/mol. The number of aliphatic carboxylic acids is 1. The summed E-state index contributed by atoms with van der Waals surface area (Å²) in [4.78, 5) is 32.1. The summed E-state index contributed by atoms with van der Waals surface area (Å²) in [5.41, 5.74) is 0. The predicted octanol–water partition coefficient (Wildman–Crippen LogP) is -1.27. The summed E-state index contributed by atoms with van der Waals surface area (Å²) < 4.78 is 5.00. The molecule has 7 heteroatoms. The molecule has 0 aliphatic rings. The van der Waals surface area contributed by atoms with Crippen LogP contribution in [0.1, 0.15) is 13.8 Å². The second-order valence-corrected chi connectivity index (χ2v) is 3.31. The number of nitrogens with one attached hydrogen (secondary N) is 2. The van der Waals surface area contributed by atoms with E-state index < -0.39 is 24.3 Å². The third-order valence-electron chi connectivity index (χ3n) is 1.43. The topological polar surface area (TPSA) is 105 Å². The number of carboxylic acids is 1. The van der Waals surface area contributed by atoms with Crippen molar-refractivity contribution in [2.24, 2.45) is 0 Å². The Morgan fingerprint density at radius 1 is 1.12 bits per heavy atom. The summed E-state index contributed by atoms with van der Waals surface area (Å²) >= 11 is 0. The highest BCUT2D eigenvalue weighted by atomic mass is 16.5. The van der Waals surface area contributed by atoms with Gasteiger partial charge in [-0.05, 0) is 13.8 Å². The summed E-state index contributed by atoms with van der Waals surface area (Å²) in [6.07, 6.45) is -0.0633.